The van der Waals surface area contributed by atoms with Crippen molar-refractivity contribution in [2.24, 2.45) is 7.05 Å². The quantitative estimate of drug-likeness (QED) is 0.201. The van der Waals surface area contributed by atoms with Crippen molar-refractivity contribution in [3.8, 4) is 11.3 Å². The van der Waals surface area contributed by atoms with Crippen LogP contribution in [0.4, 0.5) is 5.82 Å². The number of hydrogen-bond donors (Lipinski definition) is 2. The maximum absolute atomic E-state index is 13.1. The maximum Gasteiger partial charge on any atom is 0.317 e. The molecule has 0 spiro atoms. The summed E-state index contributed by atoms with van der Waals surface area (Å²) < 4.78 is 2.63. The highest BCUT2D eigenvalue weighted by Gasteiger charge is 2.34. The van der Waals surface area contributed by atoms with Gasteiger partial charge in [-0.2, -0.15) is 4.65 Å². The summed E-state index contributed by atoms with van der Waals surface area (Å²) in [6, 6.07) is 11.2. The zero-order valence-corrected chi connectivity index (χ0v) is 19.2. The minimum atomic E-state index is -0.0847. The molecule has 0 unspecified atom stereocenters. The van der Waals surface area contributed by atoms with Gasteiger partial charge in [0.25, 0.3) is 0 Å². The number of piperazine rings is 1. The first-order valence-electron chi connectivity index (χ1n) is 11.1. The van der Waals surface area contributed by atoms with Crippen molar-refractivity contribution in [2.45, 2.75) is 6.42 Å². The maximum atomic E-state index is 13.1. The van der Waals surface area contributed by atoms with Gasteiger partial charge in [-0.25, -0.2) is 10.1 Å². The van der Waals surface area contributed by atoms with Gasteiger partial charge < -0.3 is 5.21 Å². The van der Waals surface area contributed by atoms with Crippen LogP contribution in [0.1, 0.15) is 16.1 Å². The monoisotopic (exact) mass is 461 g/mol. The fraction of sp³-hybridized carbons (Fsp3) is 0.292. The number of nitrogens with zero attached hydrogens (tertiary/aromatic N) is 7. The number of fused-ring (bicyclic) bond motifs is 1. The van der Waals surface area contributed by atoms with E-state index in [2.05, 4.69) is 15.3 Å². The molecule has 10 heteroatoms. The number of anilines is 1. The highest BCUT2D eigenvalue weighted by Crippen LogP contribution is 2.23. The van der Waals surface area contributed by atoms with Crippen molar-refractivity contribution in [1.29, 1.82) is 0 Å². The number of carbonyl (C=O) groups is 1. The fourth-order valence-corrected chi connectivity index (χ4v) is 4.20. The van der Waals surface area contributed by atoms with Gasteiger partial charge in [-0.3, -0.25) is 14.5 Å². The van der Waals surface area contributed by atoms with Gasteiger partial charge in [0.15, 0.2) is 5.78 Å². The molecule has 1 fully saturated rings. The second kappa shape index (κ2) is 8.47. The van der Waals surface area contributed by atoms with E-state index >= 15 is 0 Å². The lowest BCUT2D eigenvalue weighted by Crippen LogP contribution is -2.57. The van der Waals surface area contributed by atoms with Gasteiger partial charge in [0.2, 0.25) is 0 Å². The number of carbonyl (C=O) groups excluding carboxylic acids is 1. The fourth-order valence-electron chi connectivity index (χ4n) is 4.20. The normalized spacial score (nSPS) is 15.6. The van der Waals surface area contributed by atoms with Crippen molar-refractivity contribution in [2.75, 3.05) is 38.1 Å². The van der Waals surface area contributed by atoms with E-state index in [1.807, 2.05) is 42.4 Å². The summed E-state index contributed by atoms with van der Waals surface area (Å²) in [6.45, 7) is 2.22. The number of Topliss-reactive ketones (excluding diaryl/α,β-unsaturated/α-hetero) is 1. The van der Waals surface area contributed by atoms with E-state index < -0.39 is 0 Å². The lowest BCUT2D eigenvalue weighted by molar-refractivity contribution is -1.09. The standard InChI is InChI=1S/C24H27N7O3/c1-28-16-22(26-27-28)17-3-4-19-15-25-21(12-20(19)11-17)14-23(32)18-5-6-30(33)24(13-18)29-7-9-31(2,34)10-8-29/h3-6,11-13,15-16,33-34H,7-10,14H2,1-2H3/q+2. The Balaban J connectivity index is 1.37. The Morgan fingerprint density at radius 2 is 1.94 bits per heavy atom. The van der Waals surface area contributed by atoms with Crippen LogP contribution >= 0.6 is 0 Å². The summed E-state index contributed by atoms with van der Waals surface area (Å²) in [5, 5.41) is 30.6. The van der Waals surface area contributed by atoms with Crippen LogP contribution in [0.5, 0.6) is 0 Å². The second-order valence-corrected chi connectivity index (χ2v) is 9.01. The number of likely N-dealkylation sites (N-methyl/N-ethyl adjacent to an activating group) is 1. The van der Waals surface area contributed by atoms with Gasteiger partial charge in [-0.05, 0) is 23.6 Å². The number of benzene rings is 1. The third-order valence-electron chi connectivity index (χ3n) is 6.28. The smallest absolute Gasteiger partial charge is 0.317 e. The molecule has 10 nitrogen and oxygen atoms in total. The molecule has 174 valence electrons. The number of pyridine rings is 2. The number of quaternary nitrogens is 1. The number of hydrogen-bond acceptors (Lipinski definition) is 7. The molecule has 4 aromatic rings. The third kappa shape index (κ3) is 4.45. The molecule has 0 radical (unpaired) electrons. The molecule has 3 aromatic heterocycles. The zero-order chi connectivity index (χ0) is 23.9. The number of hydroxylamine groups is 3. The first-order chi connectivity index (χ1) is 16.3. The van der Waals surface area contributed by atoms with Crippen LogP contribution in [0.3, 0.4) is 0 Å². The summed E-state index contributed by atoms with van der Waals surface area (Å²) in [5.41, 5.74) is 2.90. The van der Waals surface area contributed by atoms with Crippen LogP contribution in [-0.4, -0.2) is 74.0 Å². The van der Waals surface area contributed by atoms with Gasteiger partial charge in [0, 0.05) is 41.5 Å². The predicted molar refractivity (Wildman–Crippen MR) is 124 cm³/mol. The number of rotatable bonds is 5. The average Bonchev–Trinajstić information content (AvgIpc) is 3.25. The molecule has 0 aliphatic carbocycles. The molecule has 1 aliphatic rings. The summed E-state index contributed by atoms with van der Waals surface area (Å²) >= 11 is 0. The molecule has 4 heterocycles. The molecule has 1 saturated heterocycles. The van der Waals surface area contributed by atoms with Crippen LogP contribution in [-0.2, 0) is 13.5 Å². The zero-order valence-electron chi connectivity index (χ0n) is 19.2. The Labute approximate surface area is 196 Å². The molecule has 1 aliphatic heterocycles. The number of aromatic nitrogens is 5. The van der Waals surface area contributed by atoms with E-state index in [-0.39, 0.29) is 16.9 Å². The SMILES string of the molecule is Cn1cc(-c2ccc3cnc(CC(=O)c4cc[n+](O)c(N5CC[N+](C)(O)CC5)c4)cc3c2)nn1. The Bertz CT molecular complexity index is 1370. The summed E-state index contributed by atoms with van der Waals surface area (Å²) in [4.78, 5) is 19.5. The van der Waals surface area contributed by atoms with E-state index in [1.54, 1.807) is 30.1 Å². The predicted octanol–water partition coefficient (Wildman–Crippen LogP) is 1.64. The van der Waals surface area contributed by atoms with Gasteiger partial charge >= 0.3 is 5.82 Å². The minimum absolute atomic E-state index is 0.0489. The average molecular weight is 462 g/mol. The lowest BCUT2D eigenvalue weighted by Gasteiger charge is -2.32. The Morgan fingerprint density at radius 1 is 1.15 bits per heavy atom. The van der Waals surface area contributed by atoms with Crippen LogP contribution < -0.4 is 9.63 Å². The van der Waals surface area contributed by atoms with E-state index in [9.17, 15) is 15.2 Å². The van der Waals surface area contributed by atoms with Crippen LogP contribution in [0, 0.1) is 0 Å². The van der Waals surface area contributed by atoms with Crippen molar-refractivity contribution < 1.29 is 24.6 Å². The highest BCUT2D eigenvalue weighted by atomic mass is 16.5. The van der Waals surface area contributed by atoms with Crippen LogP contribution in [0.15, 0.2) is 55.0 Å². The second-order valence-electron chi connectivity index (χ2n) is 9.01. The molecular weight excluding hydrogens is 434 g/mol. The van der Waals surface area contributed by atoms with Crippen molar-refractivity contribution >= 4 is 22.4 Å². The van der Waals surface area contributed by atoms with Crippen molar-refractivity contribution in [3.63, 3.8) is 0 Å². The third-order valence-corrected chi connectivity index (χ3v) is 6.28. The number of aryl methyl sites for hydroxylation is 1. The summed E-state index contributed by atoms with van der Waals surface area (Å²) in [6.07, 6.45) is 5.25. The largest absolute Gasteiger partial charge is 0.350 e. The van der Waals surface area contributed by atoms with Gasteiger partial charge in [0.1, 0.15) is 38.1 Å². The molecule has 0 atom stereocenters. The van der Waals surface area contributed by atoms with Crippen molar-refractivity contribution in [1.82, 2.24) is 20.0 Å². The molecule has 0 amide bonds. The van der Waals surface area contributed by atoms with Crippen LogP contribution in [0.25, 0.3) is 22.0 Å². The molecule has 34 heavy (non-hydrogen) atoms. The summed E-state index contributed by atoms with van der Waals surface area (Å²) in [5.74, 6) is 0.448. The van der Waals surface area contributed by atoms with E-state index in [4.69, 9.17) is 0 Å². The first kappa shape index (κ1) is 21.9. The van der Waals surface area contributed by atoms with Gasteiger partial charge in [-0.1, -0.05) is 22.1 Å². The minimum Gasteiger partial charge on any atom is -0.350 e. The van der Waals surface area contributed by atoms with E-state index in [0.717, 1.165) is 26.8 Å². The Morgan fingerprint density at radius 3 is 2.68 bits per heavy atom. The molecule has 2 N–H and O–H groups in total. The molecule has 1 aromatic carbocycles. The lowest BCUT2D eigenvalue weighted by atomic mass is 10.0. The Kier molecular flexibility index (Phi) is 5.46. The van der Waals surface area contributed by atoms with Crippen molar-refractivity contribution in [3.05, 3.63) is 66.2 Å². The molecule has 0 saturated carbocycles. The molecule has 5 rings (SSSR count). The van der Waals surface area contributed by atoms with E-state index in [1.165, 1.54) is 6.20 Å². The van der Waals surface area contributed by atoms with Gasteiger partial charge in [-0.15, -0.1) is 5.10 Å². The topological polar surface area (TPSA) is 108 Å². The van der Waals surface area contributed by atoms with E-state index in [0.29, 0.717) is 43.3 Å². The van der Waals surface area contributed by atoms with Gasteiger partial charge in [0.05, 0.1) is 19.7 Å². The molecule has 0 bridgehead atoms. The highest BCUT2D eigenvalue weighted by molar-refractivity contribution is 5.98. The first-order valence-corrected chi connectivity index (χ1v) is 11.1. The van der Waals surface area contributed by atoms with Crippen LogP contribution in [0.2, 0.25) is 0 Å². The summed E-state index contributed by atoms with van der Waals surface area (Å²) in [7, 11) is 3.59. The Hall–Kier alpha value is -3.89. The number of ketones is 1. The molecular formula is C24H27N7O3+2.